The van der Waals surface area contributed by atoms with Gasteiger partial charge in [0.05, 0.1) is 5.71 Å². The summed E-state index contributed by atoms with van der Waals surface area (Å²) in [5.74, 6) is 2.27. The van der Waals surface area contributed by atoms with E-state index >= 15 is 0 Å². The lowest BCUT2D eigenvalue weighted by atomic mass is 9.94. The van der Waals surface area contributed by atoms with Crippen molar-refractivity contribution in [2.24, 2.45) is 4.99 Å². The van der Waals surface area contributed by atoms with Crippen LogP contribution in [0.5, 0.6) is 0 Å². The summed E-state index contributed by atoms with van der Waals surface area (Å²) < 4.78 is 14.9. The Bertz CT molecular complexity index is 1670. The number of nitrogens with one attached hydrogen (secondary N) is 1. The van der Waals surface area contributed by atoms with Crippen LogP contribution in [0.2, 0.25) is 0 Å². The fourth-order valence-corrected chi connectivity index (χ4v) is 5.54. The molecule has 2 aromatic heterocycles. The Morgan fingerprint density at radius 2 is 1.79 bits per heavy atom. The van der Waals surface area contributed by atoms with Gasteiger partial charge in [-0.2, -0.15) is 5.10 Å². The summed E-state index contributed by atoms with van der Waals surface area (Å²) in [5, 5.41) is 7.58. The molecule has 0 spiro atoms. The van der Waals surface area contributed by atoms with Crippen LogP contribution in [-0.2, 0) is 6.54 Å². The number of nitrogens with zero attached hydrogens (tertiary/aromatic N) is 6. The van der Waals surface area contributed by atoms with Gasteiger partial charge in [-0.3, -0.25) is 10.00 Å². The minimum Gasteiger partial charge on any atom is -0.309 e. The number of benzene rings is 2. The van der Waals surface area contributed by atoms with Crippen molar-refractivity contribution >= 4 is 11.3 Å². The second-order valence-electron chi connectivity index (χ2n) is 10.7. The van der Waals surface area contributed by atoms with Crippen LogP contribution in [0, 0.1) is 12.7 Å². The quantitative estimate of drug-likeness (QED) is 0.268. The maximum Gasteiger partial charge on any atom is 0.199 e. The summed E-state index contributed by atoms with van der Waals surface area (Å²) >= 11 is 0. The summed E-state index contributed by atoms with van der Waals surface area (Å²) in [5.41, 5.74) is 5.86. The molecule has 0 amide bonds. The van der Waals surface area contributed by atoms with Gasteiger partial charge in [-0.05, 0) is 63.5 Å². The molecule has 0 radical (unpaired) electrons. The number of halogens is 1. The van der Waals surface area contributed by atoms with Gasteiger partial charge >= 0.3 is 0 Å². The van der Waals surface area contributed by atoms with E-state index in [2.05, 4.69) is 50.9 Å². The summed E-state index contributed by atoms with van der Waals surface area (Å²) in [6.07, 6.45) is 7.72. The number of aromatic amines is 1. The van der Waals surface area contributed by atoms with Crippen molar-refractivity contribution in [3.8, 4) is 11.5 Å². The third-order valence-corrected chi connectivity index (χ3v) is 7.76. The second-order valence-corrected chi connectivity index (χ2v) is 10.7. The van der Waals surface area contributed by atoms with Gasteiger partial charge in [0.1, 0.15) is 23.2 Å². The van der Waals surface area contributed by atoms with Crippen LogP contribution in [0.25, 0.3) is 17.1 Å². The molecule has 212 valence electrons. The molecule has 0 bridgehead atoms. The van der Waals surface area contributed by atoms with Crippen LogP contribution in [0.3, 0.4) is 0 Å². The molecular formula is C34H34FN7. The molecular weight excluding hydrogens is 525 g/mol. The van der Waals surface area contributed by atoms with Crippen LogP contribution in [0.1, 0.15) is 53.9 Å². The molecule has 2 aromatic carbocycles. The molecule has 2 aliphatic heterocycles. The van der Waals surface area contributed by atoms with Gasteiger partial charge in [-0.25, -0.2) is 19.4 Å². The Hall–Kier alpha value is -4.69. The van der Waals surface area contributed by atoms with Gasteiger partial charge in [0, 0.05) is 47.3 Å². The highest BCUT2D eigenvalue weighted by Crippen LogP contribution is 2.31. The van der Waals surface area contributed by atoms with E-state index in [9.17, 15) is 4.39 Å². The molecule has 7 nitrogen and oxygen atoms in total. The number of likely N-dealkylation sites (tertiary alicyclic amines) is 1. The average molecular weight is 560 g/mol. The zero-order valence-corrected chi connectivity index (χ0v) is 24.0. The van der Waals surface area contributed by atoms with Crippen LogP contribution in [0.4, 0.5) is 4.39 Å². The molecule has 4 aromatic rings. The maximum absolute atomic E-state index is 14.9. The monoisotopic (exact) mass is 559 g/mol. The Morgan fingerprint density at radius 3 is 2.52 bits per heavy atom. The van der Waals surface area contributed by atoms with Gasteiger partial charge in [-0.1, -0.05) is 61.2 Å². The molecule has 1 fully saturated rings. The molecule has 1 N–H and O–H groups in total. The van der Waals surface area contributed by atoms with E-state index in [4.69, 9.17) is 9.98 Å². The summed E-state index contributed by atoms with van der Waals surface area (Å²) in [6, 6.07) is 21.1. The topological polar surface area (TPSA) is 73.3 Å². The number of hydrogen-bond acceptors (Lipinski definition) is 6. The molecule has 2 aliphatic rings. The number of aromatic nitrogens is 4. The predicted octanol–water partition coefficient (Wildman–Crippen LogP) is 6.84. The first-order chi connectivity index (χ1) is 20.5. The predicted molar refractivity (Wildman–Crippen MR) is 165 cm³/mol. The van der Waals surface area contributed by atoms with Gasteiger partial charge in [0.15, 0.2) is 5.82 Å². The lowest BCUT2D eigenvalue weighted by Crippen LogP contribution is -2.32. The van der Waals surface area contributed by atoms with Gasteiger partial charge in [0.25, 0.3) is 0 Å². The molecule has 4 heterocycles. The molecule has 1 saturated heterocycles. The molecule has 0 unspecified atom stereocenters. The number of piperidine rings is 1. The molecule has 0 saturated carbocycles. The number of rotatable bonds is 7. The van der Waals surface area contributed by atoms with Crippen molar-refractivity contribution in [2.75, 3.05) is 13.1 Å². The third-order valence-electron chi connectivity index (χ3n) is 7.76. The summed E-state index contributed by atoms with van der Waals surface area (Å²) in [6.45, 7) is 10.9. The SMILES string of the molecule is C=C1N=C(c2ccc(CN3CCC(c4nc(-c5cccc(C)n5)n[nH]4)CC3)cc2)C(c2ccccc2F)=CN1/C=C\C. The molecule has 0 aliphatic carbocycles. The van der Waals surface area contributed by atoms with Gasteiger partial charge in [-0.15, -0.1) is 0 Å². The maximum atomic E-state index is 14.9. The van der Waals surface area contributed by atoms with Crippen molar-refractivity contribution < 1.29 is 4.39 Å². The number of aliphatic imine (C=N–C) groups is 1. The van der Waals surface area contributed by atoms with Crippen molar-refractivity contribution in [3.05, 3.63) is 132 Å². The molecule has 8 heteroatoms. The smallest absolute Gasteiger partial charge is 0.199 e. The Labute approximate surface area is 245 Å². The molecule has 0 atom stereocenters. The van der Waals surface area contributed by atoms with E-state index in [-0.39, 0.29) is 5.82 Å². The zero-order valence-electron chi connectivity index (χ0n) is 24.0. The van der Waals surface area contributed by atoms with E-state index < -0.39 is 0 Å². The van der Waals surface area contributed by atoms with Crippen LogP contribution >= 0.6 is 0 Å². The lowest BCUT2D eigenvalue weighted by Gasteiger charge is -2.31. The minimum absolute atomic E-state index is 0.280. The second kappa shape index (κ2) is 12.0. The van der Waals surface area contributed by atoms with Crippen LogP contribution in [0.15, 0.2) is 103 Å². The summed E-state index contributed by atoms with van der Waals surface area (Å²) in [7, 11) is 0. The first-order valence-corrected chi connectivity index (χ1v) is 14.3. The Kier molecular flexibility index (Phi) is 7.88. The van der Waals surface area contributed by atoms with Gasteiger partial charge < -0.3 is 4.90 Å². The summed E-state index contributed by atoms with van der Waals surface area (Å²) in [4.78, 5) is 18.4. The highest BCUT2D eigenvalue weighted by molar-refractivity contribution is 6.32. The molecule has 42 heavy (non-hydrogen) atoms. The highest BCUT2D eigenvalue weighted by atomic mass is 19.1. The highest BCUT2D eigenvalue weighted by Gasteiger charge is 2.25. The van der Waals surface area contributed by atoms with Crippen molar-refractivity contribution in [1.82, 2.24) is 30.0 Å². The third kappa shape index (κ3) is 5.85. The number of hydrogen-bond donors (Lipinski definition) is 1. The van der Waals surface area contributed by atoms with Gasteiger partial charge in [0.2, 0.25) is 0 Å². The fourth-order valence-electron chi connectivity index (χ4n) is 5.54. The van der Waals surface area contributed by atoms with Crippen molar-refractivity contribution in [2.45, 2.75) is 39.2 Å². The first kappa shape index (κ1) is 27.5. The fraction of sp³-hybridized carbons (Fsp3) is 0.235. The van der Waals surface area contributed by atoms with Crippen molar-refractivity contribution in [3.63, 3.8) is 0 Å². The van der Waals surface area contributed by atoms with Crippen LogP contribution < -0.4 is 0 Å². The van der Waals surface area contributed by atoms with E-state index in [1.165, 1.54) is 11.6 Å². The zero-order chi connectivity index (χ0) is 29.1. The normalized spacial score (nSPS) is 16.6. The number of H-pyrrole nitrogens is 1. The lowest BCUT2D eigenvalue weighted by molar-refractivity contribution is 0.202. The largest absolute Gasteiger partial charge is 0.309 e. The van der Waals surface area contributed by atoms with Crippen LogP contribution in [-0.4, -0.2) is 48.8 Å². The minimum atomic E-state index is -0.280. The number of pyridine rings is 1. The Balaban J connectivity index is 1.12. The number of allylic oxidation sites excluding steroid dienone is 2. The standard InChI is InChI=1S/C34H34FN7/c1-4-18-42-22-29(28-9-5-6-10-30(28)35)32(37-24(42)3)26-14-12-25(13-15-26)21-41-19-16-27(17-20-41)33-38-34(40-39-33)31-11-7-8-23(2)36-31/h4-15,18,22,27H,3,16-17,19-21H2,1-2H3,(H,38,39,40)/b18-4-. The number of aryl methyl sites for hydroxylation is 1. The molecule has 6 rings (SSSR count). The van der Waals surface area contributed by atoms with E-state index in [1.807, 2.05) is 61.5 Å². The Morgan fingerprint density at radius 1 is 1.00 bits per heavy atom. The average Bonchev–Trinajstić information content (AvgIpc) is 3.50. The van der Waals surface area contributed by atoms with E-state index in [0.717, 1.165) is 60.8 Å². The first-order valence-electron chi connectivity index (χ1n) is 14.3. The van der Waals surface area contributed by atoms with E-state index in [1.54, 1.807) is 12.1 Å². The van der Waals surface area contributed by atoms with Crippen molar-refractivity contribution in [1.29, 1.82) is 0 Å². The van der Waals surface area contributed by atoms with E-state index in [0.29, 0.717) is 28.8 Å².